The molecule has 0 amide bonds. The van der Waals surface area contributed by atoms with E-state index in [1.807, 2.05) is 13.0 Å². The fourth-order valence-corrected chi connectivity index (χ4v) is 4.58. The van der Waals surface area contributed by atoms with Crippen LogP contribution in [0.5, 0.6) is 17.2 Å². The molecule has 7 heteroatoms. The fourth-order valence-electron chi connectivity index (χ4n) is 4.58. The minimum absolute atomic E-state index is 0.00915. The first-order valence-corrected chi connectivity index (χ1v) is 10.4. The molecule has 31 heavy (non-hydrogen) atoms. The zero-order valence-electron chi connectivity index (χ0n) is 19.3. The van der Waals surface area contributed by atoms with E-state index < -0.39 is 11.9 Å². The number of carbonyl (C=O) groups is 2. The zero-order chi connectivity index (χ0) is 22.9. The highest BCUT2D eigenvalue weighted by Crippen LogP contribution is 2.51. The summed E-state index contributed by atoms with van der Waals surface area (Å²) in [6.07, 6.45) is 1.10. The van der Waals surface area contributed by atoms with Crippen molar-refractivity contribution in [1.29, 1.82) is 0 Å². The van der Waals surface area contributed by atoms with E-state index in [4.69, 9.17) is 18.9 Å². The van der Waals surface area contributed by atoms with Crippen LogP contribution in [0.15, 0.2) is 34.7 Å². The summed E-state index contributed by atoms with van der Waals surface area (Å²) in [6.45, 7) is 7.97. The molecule has 3 rings (SSSR count). The summed E-state index contributed by atoms with van der Waals surface area (Å²) in [5.41, 5.74) is 2.98. The molecular weight excluding hydrogens is 398 g/mol. The van der Waals surface area contributed by atoms with Crippen LogP contribution in [0, 0.1) is 5.41 Å². The third-order valence-corrected chi connectivity index (χ3v) is 5.78. The van der Waals surface area contributed by atoms with Crippen LogP contribution < -0.4 is 19.5 Å². The van der Waals surface area contributed by atoms with E-state index in [1.54, 1.807) is 20.1 Å². The molecule has 1 atom stereocenters. The molecule has 1 heterocycles. The lowest BCUT2D eigenvalue weighted by Gasteiger charge is -2.39. The Morgan fingerprint density at radius 2 is 1.77 bits per heavy atom. The van der Waals surface area contributed by atoms with E-state index in [9.17, 15) is 9.59 Å². The highest BCUT2D eigenvalue weighted by atomic mass is 16.5. The highest BCUT2D eigenvalue weighted by Gasteiger charge is 2.44. The van der Waals surface area contributed by atoms with Gasteiger partial charge in [-0.1, -0.05) is 19.9 Å². The van der Waals surface area contributed by atoms with Crippen molar-refractivity contribution in [2.24, 2.45) is 5.41 Å². The molecule has 0 fully saturated rings. The number of carbonyl (C=O) groups excluding carboxylic acids is 2. The smallest absolute Gasteiger partial charge is 0.336 e. The first-order valence-electron chi connectivity index (χ1n) is 10.4. The molecule has 0 bridgehead atoms. The molecule has 1 aromatic carbocycles. The number of methoxy groups -OCH3 is 3. The van der Waals surface area contributed by atoms with Crippen LogP contribution in [0.2, 0.25) is 0 Å². The fraction of sp³-hybridized carbons (Fsp3) is 0.500. The molecule has 0 radical (unpaired) electrons. The first-order chi connectivity index (χ1) is 14.7. The lowest BCUT2D eigenvalue weighted by atomic mass is 9.68. The van der Waals surface area contributed by atoms with E-state index in [-0.39, 0.29) is 17.8 Å². The van der Waals surface area contributed by atoms with Gasteiger partial charge < -0.3 is 24.3 Å². The number of benzene rings is 1. The Balaban J connectivity index is 2.30. The minimum atomic E-state index is -0.631. The normalized spacial score (nSPS) is 20.1. The minimum Gasteiger partial charge on any atom is -0.493 e. The summed E-state index contributed by atoms with van der Waals surface area (Å²) in [4.78, 5) is 26.4. The number of ketones is 1. The second-order valence-corrected chi connectivity index (χ2v) is 8.57. The van der Waals surface area contributed by atoms with Crippen molar-refractivity contribution in [3.63, 3.8) is 0 Å². The average Bonchev–Trinajstić information content (AvgIpc) is 2.70. The summed E-state index contributed by atoms with van der Waals surface area (Å²) in [5.74, 6) is 0.253. The maximum atomic E-state index is 13.4. The predicted molar refractivity (Wildman–Crippen MR) is 116 cm³/mol. The molecule has 1 aromatic rings. The number of ether oxygens (including phenoxy) is 4. The van der Waals surface area contributed by atoms with Gasteiger partial charge in [-0.2, -0.15) is 0 Å². The van der Waals surface area contributed by atoms with E-state index in [0.29, 0.717) is 52.5 Å². The number of hydrogen-bond acceptors (Lipinski definition) is 7. The SMILES string of the molecule is CCOC(=O)C1=C(C)NC2=C(C(=O)CC(C)(C)C2)C1c1ccc(OC)c(OC)c1OC. The van der Waals surface area contributed by atoms with Gasteiger partial charge in [-0.15, -0.1) is 0 Å². The zero-order valence-corrected chi connectivity index (χ0v) is 19.3. The van der Waals surface area contributed by atoms with Gasteiger partial charge in [0.05, 0.1) is 39.4 Å². The van der Waals surface area contributed by atoms with Crippen molar-refractivity contribution in [3.8, 4) is 17.2 Å². The Labute approximate surface area is 183 Å². The Morgan fingerprint density at radius 1 is 1.10 bits per heavy atom. The first kappa shape index (κ1) is 22.7. The van der Waals surface area contributed by atoms with Crippen LogP contribution in [-0.2, 0) is 14.3 Å². The second kappa shape index (κ2) is 8.65. The molecule has 0 aromatic heterocycles. The van der Waals surface area contributed by atoms with Gasteiger partial charge in [0, 0.05) is 29.0 Å². The van der Waals surface area contributed by atoms with Gasteiger partial charge in [0.25, 0.3) is 0 Å². The topological polar surface area (TPSA) is 83.1 Å². The predicted octanol–water partition coefficient (Wildman–Crippen LogP) is 3.88. The van der Waals surface area contributed by atoms with Crippen molar-refractivity contribution in [2.45, 2.75) is 46.5 Å². The molecule has 7 nitrogen and oxygen atoms in total. The van der Waals surface area contributed by atoms with Gasteiger partial charge in [0.15, 0.2) is 17.3 Å². The quantitative estimate of drug-likeness (QED) is 0.687. The molecule has 1 unspecified atom stereocenters. The van der Waals surface area contributed by atoms with Crippen LogP contribution in [0.1, 0.15) is 52.0 Å². The summed E-state index contributed by atoms with van der Waals surface area (Å²) in [7, 11) is 4.60. The van der Waals surface area contributed by atoms with Crippen LogP contribution in [-0.4, -0.2) is 39.7 Å². The van der Waals surface area contributed by atoms with Crippen LogP contribution in [0.25, 0.3) is 0 Å². The molecule has 2 aliphatic rings. The monoisotopic (exact) mass is 429 g/mol. The maximum absolute atomic E-state index is 13.4. The summed E-state index contributed by atoms with van der Waals surface area (Å²) < 4.78 is 22.0. The van der Waals surface area contributed by atoms with Crippen molar-refractivity contribution in [1.82, 2.24) is 5.32 Å². The Morgan fingerprint density at radius 3 is 2.35 bits per heavy atom. The molecule has 1 aliphatic carbocycles. The van der Waals surface area contributed by atoms with Crippen molar-refractivity contribution >= 4 is 11.8 Å². The number of hydrogen-bond donors (Lipinski definition) is 1. The summed E-state index contributed by atoms with van der Waals surface area (Å²) in [6, 6.07) is 3.58. The second-order valence-electron chi connectivity index (χ2n) is 8.57. The Kier molecular flexibility index (Phi) is 6.34. The van der Waals surface area contributed by atoms with E-state index in [2.05, 4.69) is 19.2 Å². The lowest BCUT2D eigenvalue weighted by Crippen LogP contribution is -2.38. The number of nitrogens with one attached hydrogen (secondary N) is 1. The molecule has 168 valence electrons. The highest BCUT2D eigenvalue weighted by molar-refractivity contribution is 6.04. The van der Waals surface area contributed by atoms with Gasteiger partial charge in [-0.3, -0.25) is 4.79 Å². The van der Waals surface area contributed by atoms with E-state index in [1.165, 1.54) is 14.2 Å². The van der Waals surface area contributed by atoms with Gasteiger partial charge in [-0.05, 0) is 31.7 Å². The number of Topliss-reactive ketones (excluding diaryl/α,β-unsaturated/α-hetero) is 1. The van der Waals surface area contributed by atoms with Gasteiger partial charge >= 0.3 is 5.97 Å². The Bertz CT molecular complexity index is 973. The number of allylic oxidation sites excluding steroid dienone is 3. The number of esters is 1. The molecular formula is C24H31NO6. The maximum Gasteiger partial charge on any atom is 0.336 e. The number of dihydropyridines is 1. The summed E-state index contributed by atoms with van der Waals surface area (Å²) >= 11 is 0. The van der Waals surface area contributed by atoms with Crippen LogP contribution in [0.3, 0.4) is 0 Å². The summed E-state index contributed by atoms with van der Waals surface area (Å²) in [5, 5.41) is 3.32. The standard InChI is InChI=1S/C24H31NO6/c1-8-31-23(27)18-13(2)25-15-11-24(3,4)12-16(26)20(15)19(18)14-9-10-17(28-5)22(30-7)21(14)29-6/h9-10,19,25H,8,11-12H2,1-7H3. The largest absolute Gasteiger partial charge is 0.493 e. The molecule has 0 saturated carbocycles. The molecule has 0 saturated heterocycles. The molecule has 1 N–H and O–H groups in total. The van der Waals surface area contributed by atoms with E-state index in [0.717, 1.165) is 5.70 Å². The van der Waals surface area contributed by atoms with E-state index >= 15 is 0 Å². The Hall–Kier alpha value is -2.96. The van der Waals surface area contributed by atoms with Crippen LogP contribution in [0.4, 0.5) is 0 Å². The molecule has 1 aliphatic heterocycles. The molecule has 0 spiro atoms. The van der Waals surface area contributed by atoms with Gasteiger partial charge in [-0.25, -0.2) is 4.79 Å². The average molecular weight is 430 g/mol. The van der Waals surface area contributed by atoms with Crippen molar-refractivity contribution < 1.29 is 28.5 Å². The number of rotatable bonds is 6. The van der Waals surface area contributed by atoms with Crippen molar-refractivity contribution in [2.75, 3.05) is 27.9 Å². The van der Waals surface area contributed by atoms with Crippen LogP contribution >= 0.6 is 0 Å². The third kappa shape index (κ3) is 4.01. The lowest BCUT2D eigenvalue weighted by molar-refractivity contribution is -0.138. The van der Waals surface area contributed by atoms with Gasteiger partial charge in [0.2, 0.25) is 5.75 Å². The van der Waals surface area contributed by atoms with Gasteiger partial charge in [0.1, 0.15) is 0 Å². The van der Waals surface area contributed by atoms with Crippen molar-refractivity contribution in [3.05, 3.63) is 40.2 Å². The third-order valence-electron chi connectivity index (χ3n) is 5.78.